The number of amides is 2. The Labute approximate surface area is 188 Å². The van der Waals surface area contributed by atoms with Gasteiger partial charge in [0.2, 0.25) is 11.8 Å². The number of nitrogens with zero attached hydrogens (tertiary/aromatic N) is 4. The summed E-state index contributed by atoms with van der Waals surface area (Å²) >= 11 is 0. The Kier molecular flexibility index (Phi) is 8.33. The van der Waals surface area contributed by atoms with E-state index in [1.54, 1.807) is 35.4 Å². The number of aromatic nitrogens is 1. The van der Waals surface area contributed by atoms with Crippen LogP contribution in [0.2, 0.25) is 0 Å². The number of ether oxygens (including phenoxy) is 1. The molecule has 1 aliphatic rings. The van der Waals surface area contributed by atoms with E-state index in [-0.39, 0.29) is 17.6 Å². The average molecular weight is 441 g/mol. The molecule has 2 aromatic rings. The van der Waals surface area contributed by atoms with Gasteiger partial charge in [-0.15, -0.1) is 0 Å². The molecule has 0 spiro atoms. The fraction of sp³-hybridized carbons (Fsp3) is 0.375. The second-order valence-corrected chi connectivity index (χ2v) is 7.48. The number of pyridine rings is 1. The molecular formula is C24H29FN4O3. The molecule has 0 N–H and O–H groups in total. The van der Waals surface area contributed by atoms with E-state index in [1.807, 2.05) is 18.7 Å². The smallest absolute Gasteiger partial charge is 0.246 e. The van der Waals surface area contributed by atoms with Crippen LogP contribution in [-0.4, -0.2) is 77.3 Å². The fourth-order valence-corrected chi connectivity index (χ4v) is 3.50. The molecule has 2 amide bonds. The first-order valence-corrected chi connectivity index (χ1v) is 10.8. The maximum atomic E-state index is 14.4. The average Bonchev–Trinajstić information content (AvgIpc) is 2.81. The molecule has 1 aromatic carbocycles. The van der Waals surface area contributed by atoms with Crippen LogP contribution in [0.1, 0.15) is 19.4 Å². The Morgan fingerprint density at radius 1 is 1.16 bits per heavy atom. The highest BCUT2D eigenvalue weighted by molar-refractivity contribution is 5.91. The van der Waals surface area contributed by atoms with E-state index >= 15 is 0 Å². The van der Waals surface area contributed by atoms with Crippen LogP contribution in [0.4, 0.5) is 4.39 Å². The molecule has 1 saturated heterocycles. The van der Waals surface area contributed by atoms with Crippen molar-refractivity contribution in [2.75, 3.05) is 45.8 Å². The van der Waals surface area contributed by atoms with Crippen LogP contribution in [0.3, 0.4) is 0 Å². The highest BCUT2D eigenvalue weighted by Crippen LogP contribution is 2.24. The normalized spacial score (nSPS) is 14.5. The molecule has 3 rings (SSSR count). The van der Waals surface area contributed by atoms with Crippen LogP contribution in [0, 0.1) is 5.82 Å². The quantitative estimate of drug-likeness (QED) is 0.591. The molecular weight excluding hydrogens is 411 g/mol. The molecule has 1 aliphatic heterocycles. The summed E-state index contributed by atoms with van der Waals surface area (Å²) in [6.07, 6.45) is 6.16. The van der Waals surface area contributed by atoms with Gasteiger partial charge >= 0.3 is 0 Å². The zero-order valence-electron chi connectivity index (χ0n) is 18.5. The van der Waals surface area contributed by atoms with E-state index in [0.717, 1.165) is 0 Å². The Hall–Kier alpha value is -3.26. The predicted molar refractivity (Wildman–Crippen MR) is 121 cm³/mol. The molecule has 1 aromatic heterocycles. The van der Waals surface area contributed by atoms with Gasteiger partial charge in [-0.3, -0.25) is 19.5 Å². The molecule has 170 valence electrons. The van der Waals surface area contributed by atoms with E-state index in [0.29, 0.717) is 57.1 Å². The summed E-state index contributed by atoms with van der Waals surface area (Å²) in [6, 6.07) is 7.94. The van der Waals surface area contributed by atoms with Crippen LogP contribution in [0.15, 0.2) is 48.8 Å². The Balaban J connectivity index is 1.50. The number of carbonyl (C=O) groups is 2. The van der Waals surface area contributed by atoms with E-state index in [9.17, 15) is 14.0 Å². The van der Waals surface area contributed by atoms with Crippen molar-refractivity contribution in [1.29, 1.82) is 0 Å². The third kappa shape index (κ3) is 6.37. The summed E-state index contributed by atoms with van der Waals surface area (Å²) in [6.45, 7) is 8.15. The minimum atomic E-state index is -0.519. The molecule has 0 aliphatic carbocycles. The number of likely N-dealkylation sites (N-methyl/N-ethyl adjacent to an activating group) is 1. The minimum absolute atomic E-state index is 0.0943. The Morgan fingerprint density at radius 2 is 1.91 bits per heavy atom. The summed E-state index contributed by atoms with van der Waals surface area (Å²) in [5.74, 6) is 0.0121. The summed E-state index contributed by atoms with van der Waals surface area (Å²) in [5, 5.41) is 0. The van der Waals surface area contributed by atoms with Crippen molar-refractivity contribution in [3.63, 3.8) is 0 Å². The van der Waals surface area contributed by atoms with Gasteiger partial charge in [0.15, 0.2) is 11.6 Å². The topological polar surface area (TPSA) is 66.0 Å². The minimum Gasteiger partial charge on any atom is -0.453 e. The van der Waals surface area contributed by atoms with Crippen LogP contribution < -0.4 is 4.74 Å². The van der Waals surface area contributed by atoms with E-state index < -0.39 is 5.82 Å². The van der Waals surface area contributed by atoms with Crippen LogP contribution in [-0.2, 0) is 9.59 Å². The van der Waals surface area contributed by atoms with Crippen molar-refractivity contribution in [3.05, 3.63) is 60.2 Å². The van der Waals surface area contributed by atoms with Crippen molar-refractivity contribution in [2.24, 2.45) is 0 Å². The largest absolute Gasteiger partial charge is 0.453 e. The Bertz CT molecular complexity index is 940. The van der Waals surface area contributed by atoms with Crippen LogP contribution >= 0.6 is 0 Å². The Morgan fingerprint density at radius 3 is 2.53 bits per heavy atom. The number of halogens is 1. The molecule has 8 heteroatoms. The third-order valence-corrected chi connectivity index (χ3v) is 5.40. The molecule has 32 heavy (non-hydrogen) atoms. The van der Waals surface area contributed by atoms with E-state index in [2.05, 4.69) is 9.88 Å². The second kappa shape index (κ2) is 11.4. The van der Waals surface area contributed by atoms with Crippen LogP contribution in [0.5, 0.6) is 11.5 Å². The molecule has 2 heterocycles. The lowest BCUT2D eigenvalue weighted by molar-refractivity contribution is -0.133. The number of carbonyl (C=O) groups excluding carboxylic acids is 2. The first-order chi connectivity index (χ1) is 15.5. The van der Waals surface area contributed by atoms with Gasteiger partial charge in [-0.25, -0.2) is 4.39 Å². The van der Waals surface area contributed by atoms with Gasteiger partial charge in [0, 0.05) is 51.5 Å². The van der Waals surface area contributed by atoms with Crippen molar-refractivity contribution in [3.8, 4) is 11.5 Å². The van der Waals surface area contributed by atoms with Gasteiger partial charge in [0.1, 0.15) is 5.75 Å². The van der Waals surface area contributed by atoms with Gasteiger partial charge in [-0.2, -0.15) is 0 Å². The third-order valence-electron chi connectivity index (χ3n) is 5.40. The molecule has 0 radical (unpaired) electrons. The first kappa shape index (κ1) is 23.4. The predicted octanol–water partition coefficient (Wildman–Crippen LogP) is 3.04. The maximum Gasteiger partial charge on any atom is 0.246 e. The molecule has 7 nitrogen and oxygen atoms in total. The summed E-state index contributed by atoms with van der Waals surface area (Å²) in [4.78, 5) is 34.3. The summed E-state index contributed by atoms with van der Waals surface area (Å²) < 4.78 is 19.8. The fourth-order valence-electron chi connectivity index (χ4n) is 3.50. The van der Waals surface area contributed by atoms with Gasteiger partial charge in [0.25, 0.3) is 0 Å². The zero-order chi connectivity index (χ0) is 22.9. The molecule has 0 bridgehead atoms. The summed E-state index contributed by atoms with van der Waals surface area (Å²) in [5.41, 5.74) is 0.567. The number of hydrogen-bond donors (Lipinski definition) is 0. The van der Waals surface area contributed by atoms with Gasteiger partial charge < -0.3 is 14.5 Å². The van der Waals surface area contributed by atoms with Crippen LogP contribution in [0.25, 0.3) is 6.08 Å². The highest BCUT2D eigenvalue weighted by atomic mass is 19.1. The number of hydrogen-bond acceptors (Lipinski definition) is 5. The van der Waals surface area contributed by atoms with Gasteiger partial charge in [0.05, 0.1) is 12.7 Å². The SMILES string of the molecule is CCN(CC)C(=O)CN1CCN(C(=O)/C=C/c2ccc(Oc3cccnc3)c(F)c2)CC1. The molecule has 1 fully saturated rings. The van der Waals surface area contributed by atoms with E-state index in [1.165, 1.54) is 24.4 Å². The molecule has 0 saturated carbocycles. The number of rotatable bonds is 8. The monoisotopic (exact) mass is 440 g/mol. The second-order valence-electron chi connectivity index (χ2n) is 7.48. The van der Waals surface area contributed by atoms with Crippen molar-refractivity contribution in [2.45, 2.75) is 13.8 Å². The zero-order valence-corrected chi connectivity index (χ0v) is 18.5. The summed E-state index contributed by atoms with van der Waals surface area (Å²) in [7, 11) is 0. The number of piperazine rings is 1. The van der Waals surface area contributed by atoms with Crippen molar-refractivity contribution in [1.82, 2.24) is 19.7 Å². The van der Waals surface area contributed by atoms with Gasteiger partial charge in [-0.1, -0.05) is 6.07 Å². The molecule has 0 atom stereocenters. The number of benzene rings is 1. The van der Waals surface area contributed by atoms with Gasteiger partial charge in [-0.05, 0) is 49.8 Å². The lowest BCUT2D eigenvalue weighted by Gasteiger charge is -2.34. The van der Waals surface area contributed by atoms with Crippen molar-refractivity contribution < 1.29 is 18.7 Å². The lowest BCUT2D eigenvalue weighted by atomic mass is 10.2. The first-order valence-electron chi connectivity index (χ1n) is 10.8. The highest BCUT2D eigenvalue weighted by Gasteiger charge is 2.22. The molecule has 0 unspecified atom stereocenters. The van der Waals surface area contributed by atoms with Crippen molar-refractivity contribution >= 4 is 17.9 Å². The standard InChI is InChI=1S/C24H29FN4O3/c1-3-28(4-2)24(31)18-27-12-14-29(15-13-27)23(30)10-8-19-7-9-22(21(25)16-19)32-20-6-5-11-26-17-20/h5-11,16-17H,3-4,12-15,18H2,1-2H3/b10-8+. The van der Waals surface area contributed by atoms with E-state index in [4.69, 9.17) is 4.74 Å². The lowest BCUT2D eigenvalue weighted by Crippen LogP contribution is -2.51. The maximum absolute atomic E-state index is 14.4.